The zero-order chi connectivity index (χ0) is 20.3. The van der Waals surface area contributed by atoms with Crippen LogP contribution in [0.4, 0.5) is 5.69 Å². The molecule has 0 aliphatic carbocycles. The van der Waals surface area contributed by atoms with Gasteiger partial charge in [0.2, 0.25) is 11.1 Å². The third-order valence-electron chi connectivity index (χ3n) is 3.87. The maximum Gasteiger partial charge on any atom is 0.237 e. The van der Waals surface area contributed by atoms with Gasteiger partial charge in [-0.2, -0.15) is 0 Å². The van der Waals surface area contributed by atoms with Crippen molar-refractivity contribution in [1.29, 1.82) is 0 Å². The molecule has 0 aliphatic heterocycles. The Morgan fingerprint density at radius 2 is 1.96 bits per heavy atom. The number of nitrogens with one attached hydrogen (secondary N) is 1. The minimum Gasteiger partial charge on any atom is -0.496 e. The number of nitrogens with two attached hydrogens (primary N) is 1. The zero-order valence-corrected chi connectivity index (χ0v) is 17.3. The second kappa shape index (κ2) is 8.72. The van der Waals surface area contributed by atoms with E-state index in [-0.39, 0.29) is 10.9 Å². The quantitative estimate of drug-likeness (QED) is 0.445. The predicted molar refractivity (Wildman–Crippen MR) is 113 cm³/mol. The SMILES string of the molecule is COc1ccccc1-c1nnc(SC(C)C(=O)Nc2cccc(Cl)c2Cl)n1N. The molecular formula is C18H17Cl2N5O2S. The summed E-state index contributed by atoms with van der Waals surface area (Å²) in [5.74, 6) is 6.94. The fraction of sp³-hybridized carbons (Fsp3) is 0.167. The van der Waals surface area contributed by atoms with Gasteiger partial charge in [-0.1, -0.05) is 53.2 Å². The number of halogens is 2. The minimum absolute atomic E-state index is 0.268. The van der Waals surface area contributed by atoms with Crippen LogP contribution in [0.15, 0.2) is 47.6 Å². The maximum absolute atomic E-state index is 12.5. The summed E-state index contributed by atoms with van der Waals surface area (Å²) in [5.41, 5.74) is 1.14. The molecule has 0 saturated carbocycles. The van der Waals surface area contributed by atoms with Crippen LogP contribution in [0, 0.1) is 0 Å². The van der Waals surface area contributed by atoms with E-state index >= 15 is 0 Å². The van der Waals surface area contributed by atoms with Crippen LogP contribution < -0.4 is 15.9 Å². The van der Waals surface area contributed by atoms with Crippen LogP contribution in [0.2, 0.25) is 10.0 Å². The molecule has 0 spiro atoms. The molecule has 146 valence electrons. The molecule has 1 heterocycles. The second-order valence-corrected chi connectivity index (χ2v) is 7.82. The first-order valence-electron chi connectivity index (χ1n) is 8.17. The molecule has 3 aromatic rings. The van der Waals surface area contributed by atoms with E-state index in [1.54, 1.807) is 32.2 Å². The number of carbonyl (C=O) groups is 1. The highest BCUT2D eigenvalue weighted by Gasteiger charge is 2.22. The van der Waals surface area contributed by atoms with Crippen LogP contribution in [0.25, 0.3) is 11.4 Å². The van der Waals surface area contributed by atoms with E-state index in [0.29, 0.717) is 33.0 Å². The molecule has 1 atom stereocenters. The first kappa shape index (κ1) is 20.3. The molecule has 0 aliphatic rings. The van der Waals surface area contributed by atoms with E-state index < -0.39 is 5.25 Å². The molecule has 1 aromatic heterocycles. The molecule has 0 bridgehead atoms. The van der Waals surface area contributed by atoms with Crippen LogP contribution in [-0.2, 0) is 4.79 Å². The van der Waals surface area contributed by atoms with E-state index in [1.807, 2.05) is 24.3 Å². The molecule has 1 amide bonds. The highest BCUT2D eigenvalue weighted by Crippen LogP contribution is 2.32. The lowest BCUT2D eigenvalue weighted by Gasteiger charge is -2.13. The van der Waals surface area contributed by atoms with Crippen LogP contribution in [0.3, 0.4) is 0 Å². The highest BCUT2D eigenvalue weighted by atomic mass is 35.5. The fourth-order valence-corrected chi connectivity index (χ4v) is 3.53. The number of nitrogens with zero attached hydrogens (tertiary/aromatic N) is 3. The van der Waals surface area contributed by atoms with Crippen molar-refractivity contribution in [1.82, 2.24) is 14.9 Å². The summed E-state index contributed by atoms with van der Waals surface area (Å²) in [6.45, 7) is 1.73. The number of hydrogen-bond donors (Lipinski definition) is 2. The van der Waals surface area contributed by atoms with Gasteiger partial charge in [-0.15, -0.1) is 10.2 Å². The monoisotopic (exact) mass is 437 g/mol. The number of ether oxygens (including phenoxy) is 1. The van der Waals surface area contributed by atoms with E-state index in [0.717, 1.165) is 0 Å². The zero-order valence-electron chi connectivity index (χ0n) is 15.0. The molecule has 3 N–H and O–H groups in total. The van der Waals surface area contributed by atoms with Crippen molar-refractivity contribution < 1.29 is 9.53 Å². The smallest absolute Gasteiger partial charge is 0.237 e. The Balaban J connectivity index is 1.76. The average molecular weight is 438 g/mol. The summed E-state index contributed by atoms with van der Waals surface area (Å²) >= 11 is 13.3. The van der Waals surface area contributed by atoms with Crippen LogP contribution >= 0.6 is 35.0 Å². The van der Waals surface area contributed by atoms with Gasteiger partial charge in [0.1, 0.15) is 5.75 Å². The van der Waals surface area contributed by atoms with Gasteiger partial charge in [0.15, 0.2) is 5.82 Å². The van der Waals surface area contributed by atoms with E-state index in [9.17, 15) is 4.79 Å². The van der Waals surface area contributed by atoms with Crippen molar-refractivity contribution in [2.24, 2.45) is 0 Å². The molecule has 7 nitrogen and oxygen atoms in total. The predicted octanol–water partition coefficient (Wildman–Crippen LogP) is 4.09. The first-order valence-corrected chi connectivity index (χ1v) is 9.81. The first-order chi connectivity index (χ1) is 13.4. The van der Waals surface area contributed by atoms with E-state index in [1.165, 1.54) is 16.4 Å². The second-order valence-electron chi connectivity index (χ2n) is 5.73. The lowest BCUT2D eigenvalue weighted by molar-refractivity contribution is -0.115. The van der Waals surface area contributed by atoms with Gasteiger partial charge in [0, 0.05) is 0 Å². The Hall–Kier alpha value is -2.42. The highest BCUT2D eigenvalue weighted by molar-refractivity contribution is 8.00. The Labute approximate surface area is 176 Å². The van der Waals surface area contributed by atoms with Crippen molar-refractivity contribution in [2.45, 2.75) is 17.3 Å². The van der Waals surface area contributed by atoms with Crippen molar-refractivity contribution in [3.05, 3.63) is 52.5 Å². The summed E-state index contributed by atoms with van der Waals surface area (Å²) < 4.78 is 6.67. The Morgan fingerprint density at radius 3 is 2.71 bits per heavy atom. The number of rotatable bonds is 6. The number of thioether (sulfide) groups is 1. The Morgan fingerprint density at radius 1 is 1.21 bits per heavy atom. The number of hydrogen-bond acceptors (Lipinski definition) is 6. The number of benzene rings is 2. The Kier molecular flexibility index (Phi) is 6.33. The van der Waals surface area contributed by atoms with Gasteiger partial charge in [0.25, 0.3) is 0 Å². The summed E-state index contributed by atoms with van der Waals surface area (Å²) in [5, 5.41) is 11.5. The average Bonchev–Trinajstić information content (AvgIpc) is 3.05. The summed E-state index contributed by atoms with van der Waals surface area (Å²) in [6.07, 6.45) is 0. The van der Waals surface area contributed by atoms with Gasteiger partial charge in [-0.05, 0) is 31.2 Å². The summed E-state index contributed by atoms with van der Waals surface area (Å²) in [6, 6.07) is 12.4. The lowest BCUT2D eigenvalue weighted by Crippen LogP contribution is -2.23. The number of para-hydroxylation sites is 1. The molecule has 28 heavy (non-hydrogen) atoms. The fourth-order valence-electron chi connectivity index (χ4n) is 2.42. The third-order valence-corrected chi connectivity index (χ3v) is 5.75. The molecule has 0 saturated heterocycles. The molecule has 10 heteroatoms. The van der Waals surface area contributed by atoms with Crippen LogP contribution in [-0.4, -0.2) is 33.1 Å². The van der Waals surface area contributed by atoms with Crippen molar-refractivity contribution in [3.63, 3.8) is 0 Å². The Bertz CT molecular complexity index is 1010. The summed E-state index contributed by atoms with van der Waals surface area (Å²) in [4.78, 5) is 12.5. The van der Waals surface area contributed by atoms with Crippen LogP contribution in [0.1, 0.15) is 6.92 Å². The topological polar surface area (TPSA) is 95.1 Å². The standard InChI is InChI=1S/C18H17Cl2N5O2S/c1-10(17(26)22-13-8-5-7-12(19)15(13)20)28-18-24-23-16(25(18)21)11-6-3-4-9-14(11)27-2/h3-10H,21H2,1-2H3,(H,22,26). The lowest BCUT2D eigenvalue weighted by atomic mass is 10.2. The van der Waals surface area contributed by atoms with Gasteiger partial charge in [0.05, 0.1) is 33.7 Å². The maximum atomic E-state index is 12.5. The van der Waals surface area contributed by atoms with Gasteiger partial charge >= 0.3 is 0 Å². The van der Waals surface area contributed by atoms with Crippen LogP contribution in [0.5, 0.6) is 5.75 Å². The molecule has 1 unspecified atom stereocenters. The largest absolute Gasteiger partial charge is 0.496 e. The van der Waals surface area contributed by atoms with E-state index in [2.05, 4.69) is 15.5 Å². The van der Waals surface area contributed by atoms with E-state index in [4.69, 9.17) is 33.8 Å². The number of aromatic nitrogens is 3. The molecule has 3 rings (SSSR count). The molecule has 0 radical (unpaired) electrons. The normalized spacial score (nSPS) is 11.9. The number of methoxy groups -OCH3 is 1. The minimum atomic E-state index is -0.507. The number of anilines is 1. The number of amides is 1. The molecule has 0 fully saturated rings. The van der Waals surface area contributed by atoms with Crippen molar-refractivity contribution in [2.75, 3.05) is 18.3 Å². The molecule has 2 aromatic carbocycles. The summed E-state index contributed by atoms with van der Waals surface area (Å²) in [7, 11) is 1.57. The van der Waals surface area contributed by atoms with Crippen molar-refractivity contribution >= 4 is 46.6 Å². The third kappa shape index (κ3) is 4.19. The van der Waals surface area contributed by atoms with Gasteiger partial charge in [-0.25, -0.2) is 4.68 Å². The van der Waals surface area contributed by atoms with Crippen molar-refractivity contribution in [3.8, 4) is 17.1 Å². The number of carbonyl (C=O) groups excluding carboxylic acids is 1. The van der Waals surface area contributed by atoms with Gasteiger partial charge in [-0.3, -0.25) is 4.79 Å². The molecular weight excluding hydrogens is 421 g/mol. The van der Waals surface area contributed by atoms with Gasteiger partial charge < -0.3 is 15.9 Å². The number of nitrogen functional groups attached to an aromatic ring is 1.